The molecule has 96 valence electrons. The second-order valence-electron chi connectivity index (χ2n) is 6.42. The van der Waals surface area contributed by atoms with Crippen LogP contribution in [-0.2, 0) is 4.79 Å². The number of hydrogen-bond acceptors (Lipinski definition) is 2. The van der Waals surface area contributed by atoms with E-state index in [9.17, 15) is 4.79 Å². The Labute approximate surface area is 104 Å². The van der Waals surface area contributed by atoms with E-state index in [0.717, 1.165) is 29.6 Å². The van der Waals surface area contributed by atoms with Gasteiger partial charge in [-0.1, -0.05) is 33.3 Å². The van der Waals surface area contributed by atoms with Gasteiger partial charge in [0.2, 0.25) is 0 Å². The van der Waals surface area contributed by atoms with Crippen molar-refractivity contribution in [3.63, 3.8) is 0 Å². The molecule has 0 bridgehead atoms. The number of carbonyl (C=O) groups is 1. The number of aliphatic hydroxyl groups excluding tert-OH is 1. The maximum atomic E-state index is 11.0. The van der Waals surface area contributed by atoms with Gasteiger partial charge in [0.1, 0.15) is 6.29 Å². The molecule has 2 aliphatic rings. The first-order valence-electron chi connectivity index (χ1n) is 6.79. The summed E-state index contributed by atoms with van der Waals surface area (Å²) in [5.41, 5.74) is 1.11. The van der Waals surface area contributed by atoms with E-state index < -0.39 is 0 Å². The Hall–Kier alpha value is -0.630. The van der Waals surface area contributed by atoms with Crippen molar-refractivity contribution in [1.82, 2.24) is 0 Å². The second-order valence-corrected chi connectivity index (χ2v) is 6.42. The standard InChI is InChI=1S/C15H24O2/c1-10-4-5-12-14(10)13(15(12,2)3)8-11(9-17)6-7-16/h8-10,12-14,16H,4-7H2,1-3H3/b11-8-/t10-,12-,13-,14+/m0/s1. The van der Waals surface area contributed by atoms with Crippen molar-refractivity contribution in [3.8, 4) is 0 Å². The number of fused-ring (bicyclic) bond motifs is 1. The Morgan fingerprint density at radius 2 is 2.12 bits per heavy atom. The predicted octanol–water partition coefficient (Wildman–Crippen LogP) is 2.81. The van der Waals surface area contributed by atoms with Crippen LogP contribution in [0.25, 0.3) is 0 Å². The third-order valence-corrected chi connectivity index (χ3v) is 5.23. The van der Waals surface area contributed by atoms with Gasteiger partial charge in [0.25, 0.3) is 0 Å². The number of aliphatic hydroxyl groups is 1. The van der Waals surface area contributed by atoms with E-state index in [-0.39, 0.29) is 6.61 Å². The van der Waals surface area contributed by atoms with Gasteiger partial charge < -0.3 is 5.11 Å². The lowest BCUT2D eigenvalue weighted by molar-refractivity contribution is -0.105. The summed E-state index contributed by atoms with van der Waals surface area (Å²) in [5.74, 6) is 2.91. The molecule has 0 unspecified atom stereocenters. The number of hydrogen-bond donors (Lipinski definition) is 1. The van der Waals surface area contributed by atoms with Crippen LogP contribution >= 0.6 is 0 Å². The van der Waals surface area contributed by atoms with E-state index in [4.69, 9.17) is 5.11 Å². The van der Waals surface area contributed by atoms with Crippen LogP contribution in [0.1, 0.15) is 40.0 Å². The molecular weight excluding hydrogens is 212 g/mol. The topological polar surface area (TPSA) is 37.3 Å². The van der Waals surface area contributed by atoms with Gasteiger partial charge >= 0.3 is 0 Å². The third-order valence-electron chi connectivity index (χ3n) is 5.23. The average molecular weight is 236 g/mol. The highest BCUT2D eigenvalue weighted by Crippen LogP contribution is 2.65. The summed E-state index contributed by atoms with van der Waals surface area (Å²) in [7, 11) is 0. The van der Waals surface area contributed by atoms with Crippen molar-refractivity contribution in [1.29, 1.82) is 0 Å². The SMILES string of the molecule is C[C@H]1CC[C@H]2[C@@H]1[C@H](/C=C(\C=O)CCO)C2(C)C. The quantitative estimate of drug-likeness (QED) is 0.602. The molecule has 0 aromatic rings. The Balaban J connectivity index is 2.17. The van der Waals surface area contributed by atoms with Crippen molar-refractivity contribution >= 4 is 6.29 Å². The van der Waals surface area contributed by atoms with Gasteiger partial charge in [-0.15, -0.1) is 0 Å². The molecule has 0 aromatic carbocycles. The minimum absolute atomic E-state index is 0.0708. The Morgan fingerprint density at radius 1 is 1.41 bits per heavy atom. The van der Waals surface area contributed by atoms with Gasteiger partial charge in [0, 0.05) is 6.61 Å². The molecule has 0 radical (unpaired) electrons. The highest BCUT2D eigenvalue weighted by molar-refractivity contribution is 5.73. The lowest BCUT2D eigenvalue weighted by Gasteiger charge is -2.56. The predicted molar refractivity (Wildman–Crippen MR) is 68.5 cm³/mol. The van der Waals surface area contributed by atoms with Gasteiger partial charge in [-0.2, -0.15) is 0 Å². The number of allylic oxidation sites excluding steroid dienone is 1. The number of rotatable bonds is 4. The van der Waals surface area contributed by atoms with E-state index in [1.54, 1.807) is 0 Å². The van der Waals surface area contributed by atoms with Crippen LogP contribution in [0.3, 0.4) is 0 Å². The molecule has 0 amide bonds. The fourth-order valence-corrected chi connectivity index (χ4v) is 4.19. The monoisotopic (exact) mass is 236 g/mol. The van der Waals surface area contributed by atoms with E-state index in [1.165, 1.54) is 12.8 Å². The summed E-state index contributed by atoms with van der Waals surface area (Å²) in [6.45, 7) is 7.07. The van der Waals surface area contributed by atoms with Gasteiger partial charge in [-0.3, -0.25) is 4.79 Å². The van der Waals surface area contributed by atoms with Crippen LogP contribution in [0.5, 0.6) is 0 Å². The molecule has 2 aliphatic carbocycles. The van der Waals surface area contributed by atoms with Crippen molar-refractivity contribution in [3.05, 3.63) is 11.6 Å². The van der Waals surface area contributed by atoms with E-state index in [0.29, 0.717) is 17.8 Å². The summed E-state index contributed by atoms with van der Waals surface area (Å²) in [5, 5.41) is 8.94. The zero-order valence-corrected chi connectivity index (χ0v) is 11.1. The van der Waals surface area contributed by atoms with Crippen LogP contribution in [0.2, 0.25) is 0 Å². The average Bonchev–Trinajstić information content (AvgIpc) is 2.64. The number of carbonyl (C=O) groups excluding carboxylic acids is 1. The van der Waals surface area contributed by atoms with E-state index in [1.807, 2.05) is 0 Å². The van der Waals surface area contributed by atoms with Crippen LogP contribution in [0.4, 0.5) is 0 Å². The molecule has 1 N–H and O–H groups in total. The lowest BCUT2D eigenvalue weighted by atomic mass is 9.48. The fourth-order valence-electron chi connectivity index (χ4n) is 4.19. The normalized spacial score (nSPS) is 39.6. The largest absolute Gasteiger partial charge is 0.396 e. The summed E-state index contributed by atoms with van der Waals surface area (Å²) < 4.78 is 0. The van der Waals surface area contributed by atoms with Gasteiger partial charge in [0.05, 0.1) is 0 Å². The zero-order valence-electron chi connectivity index (χ0n) is 11.1. The van der Waals surface area contributed by atoms with Crippen LogP contribution in [0.15, 0.2) is 11.6 Å². The molecule has 2 rings (SSSR count). The molecule has 0 heterocycles. The van der Waals surface area contributed by atoms with Crippen LogP contribution < -0.4 is 0 Å². The molecule has 2 heteroatoms. The Bertz CT molecular complexity index is 330. The van der Waals surface area contributed by atoms with Crippen molar-refractivity contribution in [2.75, 3.05) is 6.61 Å². The first kappa shape index (κ1) is 12.8. The summed E-state index contributed by atoms with van der Waals surface area (Å²) in [6, 6.07) is 0. The number of aldehydes is 1. The van der Waals surface area contributed by atoms with E-state index in [2.05, 4.69) is 26.8 Å². The molecule has 2 fully saturated rings. The van der Waals surface area contributed by atoms with Crippen molar-refractivity contribution in [2.24, 2.45) is 29.1 Å². The van der Waals surface area contributed by atoms with Crippen LogP contribution in [-0.4, -0.2) is 18.0 Å². The van der Waals surface area contributed by atoms with Gasteiger partial charge in [-0.05, 0) is 47.5 Å². The molecule has 17 heavy (non-hydrogen) atoms. The molecule has 0 spiro atoms. The minimum Gasteiger partial charge on any atom is -0.396 e. The minimum atomic E-state index is 0.0708. The zero-order chi connectivity index (χ0) is 12.6. The Kier molecular flexibility index (Phi) is 3.44. The maximum absolute atomic E-state index is 11.0. The molecule has 0 aliphatic heterocycles. The molecule has 4 atom stereocenters. The second kappa shape index (κ2) is 4.56. The molecule has 2 saturated carbocycles. The summed E-state index contributed by atoms with van der Waals surface area (Å²) in [4.78, 5) is 11.0. The van der Waals surface area contributed by atoms with Crippen molar-refractivity contribution < 1.29 is 9.90 Å². The molecule has 0 saturated heterocycles. The van der Waals surface area contributed by atoms with Gasteiger partial charge in [-0.25, -0.2) is 0 Å². The molecular formula is C15H24O2. The van der Waals surface area contributed by atoms with E-state index >= 15 is 0 Å². The fraction of sp³-hybridized carbons (Fsp3) is 0.800. The third kappa shape index (κ3) is 1.97. The van der Waals surface area contributed by atoms with Gasteiger partial charge in [0.15, 0.2) is 0 Å². The summed E-state index contributed by atoms with van der Waals surface area (Å²) in [6.07, 6.45) is 6.24. The molecule has 0 aromatic heterocycles. The highest BCUT2D eigenvalue weighted by atomic mass is 16.3. The summed E-state index contributed by atoms with van der Waals surface area (Å²) >= 11 is 0. The first-order chi connectivity index (χ1) is 8.02. The smallest absolute Gasteiger partial charge is 0.145 e. The molecule has 2 nitrogen and oxygen atoms in total. The first-order valence-corrected chi connectivity index (χ1v) is 6.79. The van der Waals surface area contributed by atoms with Crippen LogP contribution in [0, 0.1) is 29.1 Å². The maximum Gasteiger partial charge on any atom is 0.145 e. The Morgan fingerprint density at radius 3 is 2.71 bits per heavy atom. The highest BCUT2D eigenvalue weighted by Gasteiger charge is 2.58. The van der Waals surface area contributed by atoms with Crippen molar-refractivity contribution in [2.45, 2.75) is 40.0 Å². The lowest BCUT2D eigenvalue weighted by Crippen LogP contribution is -2.51.